The Morgan fingerprint density at radius 2 is 1.75 bits per heavy atom. The van der Waals surface area contributed by atoms with Gasteiger partial charge in [-0.15, -0.1) is 0 Å². The number of hydrogen-bond acceptors (Lipinski definition) is 5. The van der Waals surface area contributed by atoms with Crippen LogP contribution in [0.5, 0.6) is 0 Å². The van der Waals surface area contributed by atoms with E-state index in [0.717, 1.165) is 44.1 Å². The summed E-state index contributed by atoms with van der Waals surface area (Å²) in [6, 6.07) is 9.91. The van der Waals surface area contributed by atoms with Crippen LogP contribution in [0.2, 0.25) is 0 Å². The lowest BCUT2D eigenvalue weighted by molar-refractivity contribution is -0.173. The van der Waals surface area contributed by atoms with E-state index in [0.29, 0.717) is 18.6 Å². The quantitative estimate of drug-likeness (QED) is 0.493. The molecule has 3 N–H and O–H groups in total. The fourth-order valence-corrected chi connectivity index (χ4v) is 11.7. The molecule has 2 spiro atoms. The van der Waals surface area contributed by atoms with Gasteiger partial charge in [-0.05, 0) is 93.2 Å². The molecule has 5 saturated carbocycles. The molecule has 0 saturated heterocycles. The number of carbonyl (C=O) groups excluding carboxylic acids is 2. The van der Waals surface area contributed by atoms with Crippen molar-refractivity contribution >= 4 is 11.7 Å². The van der Waals surface area contributed by atoms with E-state index in [1.807, 2.05) is 30.3 Å². The van der Waals surface area contributed by atoms with Gasteiger partial charge in [-0.3, -0.25) is 9.59 Å². The minimum atomic E-state index is -0.460. The average molecular weight is 551 g/mol. The number of aliphatic hydroxyl groups is 2. The maximum absolute atomic E-state index is 14.5. The second-order valence-corrected chi connectivity index (χ2v) is 15.4. The molecule has 1 aromatic carbocycles. The first kappa shape index (κ1) is 28.4. The SMILES string of the molecule is C[C@@H]([C@H]1[C@H](O)C[C@@]2(C)[C@@H]3CC[C@@H]4C5(CC[C@H](NC(=O)Cc6ccccc6)[C@@]4(C)CO)C[C@@]35C(=O)C[C@]12C)N(C)C. The highest BCUT2D eigenvalue weighted by molar-refractivity contribution is 5.92. The number of carbonyl (C=O) groups is 2. The topological polar surface area (TPSA) is 89.9 Å². The summed E-state index contributed by atoms with van der Waals surface area (Å²) >= 11 is 0. The van der Waals surface area contributed by atoms with Gasteiger partial charge in [0.2, 0.25) is 5.91 Å². The van der Waals surface area contributed by atoms with Crippen LogP contribution in [0, 0.1) is 44.8 Å². The van der Waals surface area contributed by atoms with E-state index in [-0.39, 0.29) is 64.0 Å². The van der Waals surface area contributed by atoms with Crippen LogP contribution in [-0.2, 0) is 16.0 Å². The van der Waals surface area contributed by atoms with Crippen LogP contribution in [0.1, 0.15) is 78.2 Å². The van der Waals surface area contributed by atoms with Crippen LogP contribution >= 0.6 is 0 Å². The number of benzene rings is 1. The molecule has 6 rings (SSSR count). The summed E-state index contributed by atoms with van der Waals surface area (Å²) in [6.07, 6.45) is 5.82. The van der Waals surface area contributed by atoms with Gasteiger partial charge in [-0.2, -0.15) is 0 Å². The number of amides is 1. The third-order valence-corrected chi connectivity index (χ3v) is 13.9. The van der Waals surface area contributed by atoms with Gasteiger partial charge in [0, 0.05) is 35.3 Å². The molecule has 0 radical (unpaired) electrons. The molecule has 40 heavy (non-hydrogen) atoms. The van der Waals surface area contributed by atoms with E-state index in [2.05, 4.69) is 52.0 Å². The van der Waals surface area contributed by atoms with Crippen LogP contribution in [0.15, 0.2) is 30.3 Å². The van der Waals surface area contributed by atoms with Gasteiger partial charge in [0.05, 0.1) is 19.1 Å². The molecule has 5 aliphatic carbocycles. The van der Waals surface area contributed by atoms with Gasteiger partial charge in [0.1, 0.15) is 5.78 Å². The van der Waals surface area contributed by atoms with Gasteiger partial charge in [-0.1, -0.05) is 51.1 Å². The summed E-state index contributed by atoms with van der Waals surface area (Å²) in [5, 5.41) is 25.7. The zero-order chi connectivity index (χ0) is 28.9. The summed E-state index contributed by atoms with van der Waals surface area (Å²) < 4.78 is 0. The molecule has 5 fully saturated rings. The monoisotopic (exact) mass is 550 g/mol. The van der Waals surface area contributed by atoms with Crippen LogP contribution in [0.4, 0.5) is 0 Å². The Morgan fingerprint density at radius 1 is 1.07 bits per heavy atom. The van der Waals surface area contributed by atoms with Crippen molar-refractivity contribution in [3.05, 3.63) is 35.9 Å². The van der Waals surface area contributed by atoms with Crippen molar-refractivity contribution in [3.8, 4) is 0 Å². The second kappa shape index (κ2) is 9.12. The van der Waals surface area contributed by atoms with Gasteiger partial charge in [0.15, 0.2) is 0 Å². The molecule has 11 atom stereocenters. The average Bonchev–Trinajstić information content (AvgIpc) is 3.54. The molecule has 0 heterocycles. The predicted molar refractivity (Wildman–Crippen MR) is 155 cm³/mol. The Balaban J connectivity index is 1.29. The Labute approximate surface area is 240 Å². The van der Waals surface area contributed by atoms with Crippen molar-refractivity contribution in [2.45, 2.75) is 97.2 Å². The highest BCUT2D eigenvalue weighted by Crippen LogP contribution is 2.87. The van der Waals surface area contributed by atoms with E-state index in [1.54, 1.807) is 0 Å². The molecule has 0 aromatic heterocycles. The van der Waals surface area contributed by atoms with Crippen molar-refractivity contribution in [3.63, 3.8) is 0 Å². The lowest BCUT2D eigenvalue weighted by Crippen LogP contribution is -2.64. The number of rotatable bonds is 6. The Hall–Kier alpha value is -1.76. The molecule has 6 nitrogen and oxygen atoms in total. The largest absolute Gasteiger partial charge is 0.396 e. The summed E-state index contributed by atoms with van der Waals surface area (Å²) in [4.78, 5) is 29.8. The molecular formula is C34H50N2O4. The van der Waals surface area contributed by atoms with Crippen molar-refractivity contribution in [1.82, 2.24) is 10.2 Å². The van der Waals surface area contributed by atoms with E-state index in [9.17, 15) is 19.8 Å². The normalized spacial score (nSPS) is 48.0. The number of Topliss-reactive ketones (excluding diaryl/α,β-unsaturated/α-hetero) is 1. The number of nitrogens with one attached hydrogen (secondary N) is 1. The number of aliphatic hydroxyl groups excluding tert-OH is 2. The van der Waals surface area contributed by atoms with Gasteiger partial charge >= 0.3 is 0 Å². The zero-order valence-corrected chi connectivity index (χ0v) is 25.4. The molecule has 220 valence electrons. The standard InChI is InChI=1S/C34H50N2O4/c1-21(36(5)6)29-23(38)17-31(3)25-13-12-24-30(2,20-37)26(35-28(40)16-22-10-8-7-9-11-22)14-15-33(24)19-34(25,33)27(39)18-32(29,31)4/h7-11,21,23-26,29,37-38H,12-20H2,1-6H3,(H,35,40)/t21-,23+,24-,25-,26-,29-,30-,31-,32+,33?,34-/m0/s1. The van der Waals surface area contributed by atoms with E-state index in [4.69, 9.17) is 0 Å². The molecule has 1 amide bonds. The molecule has 0 bridgehead atoms. The van der Waals surface area contributed by atoms with Gasteiger partial charge in [-0.25, -0.2) is 0 Å². The Morgan fingerprint density at radius 3 is 2.40 bits per heavy atom. The molecule has 1 aromatic rings. The first-order valence-electron chi connectivity index (χ1n) is 15.6. The molecule has 6 heteroatoms. The predicted octanol–water partition coefficient (Wildman–Crippen LogP) is 4.23. The summed E-state index contributed by atoms with van der Waals surface area (Å²) in [5.41, 5.74) is -0.230. The molecule has 0 aliphatic heterocycles. The lowest BCUT2D eigenvalue weighted by Gasteiger charge is -2.63. The lowest BCUT2D eigenvalue weighted by atomic mass is 9.41. The fourth-order valence-electron chi connectivity index (χ4n) is 11.7. The Kier molecular flexibility index (Phi) is 6.47. The molecule has 5 aliphatic rings. The van der Waals surface area contributed by atoms with Crippen LogP contribution < -0.4 is 5.32 Å². The third-order valence-electron chi connectivity index (χ3n) is 13.9. The number of ketones is 1. The van der Waals surface area contributed by atoms with E-state index < -0.39 is 11.5 Å². The minimum absolute atomic E-state index is 0.00374. The second-order valence-electron chi connectivity index (χ2n) is 15.4. The summed E-state index contributed by atoms with van der Waals surface area (Å²) in [6.45, 7) is 9.07. The first-order valence-corrected chi connectivity index (χ1v) is 15.6. The van der Waals surface area contributed by atoms with E-state index >= 15 is 0 Å². The first-order chi connectivity index (χ1) is 18.8. The van der Waals surface area contributed by atoms with Gasteiger partial charge in [0.25, 0.3) is 0 Å². The summed E-state index contributed by atoms with van der Waals surface area (Å²) in [7, 11) is 4.16. The number of nitrogens with zero attached hydrogens (tertiary/aromatic N) is 1. The van der Waals surface area contributed by atoms with Crippen molar-refractivity contribution in [2.24, 2.45) is 44.8 Å². The zero-order valence-electron chi connectivity index (χ0n) is 25.4. The van der Waals surface area contributed by atoms with Crippen molar-refractivity contribution in [2.75, 3.05) is 20.7 Å². The summed E-state index contributed by atoms with van der Waals surface area (Å²) in [5.74, 6) is 0.961. The molecule has 1 unspecified atom stereocenters. The van der Waals surface area contributed by atoms with Crippen LogP contribution in [0.3, 0.4) is 0 Å². The van der Waals surface area contributed by atoms with Crippen LogP contribution in [0.25, 0.3) is 0 Å². The number of hydrogen-bond donors (Lipinski definition) is 3. The van der Waals surface area contributed by atoms with Crippen LogP contribution in [-0.4, -0.2) is 65.7 Å². The van der Waals surface area contributed by atoms with Gasteiger partial charge < -0.3 is 20.4 Å². The van der Waals surface area contributed by atoms with E-state index in [1.165, 1.54) is 0 Å². The maximum atomic E-state index is 14.5. The highest BCUT2D eigenvalue weighted by atomic mass is 16.3. The smallest absolute Gasteiger partial charge is 0.224 e. The number of fused-ring (bicyclic) bond motifs is 2. The maximum Gasteiger partial charge on any atom is 0.224 e. The minimum Gasteiger partial charge on any atom is -0.396 e. The fraction of sp³-hybridized carbons (Fsp3) is 0.765. The van der Waals surface area contributed by atoms with Crippen molar-refractivity contribution < 1.29 is 19.8 Å². The molecular weight excluding hydrogens is 500 g/mol. The third kappa shape index (κ3) is 3.45. The van der Waals surface area contributed by atoms with Crippen molar-refractivity contribution in [1.29, 1.82) is 0 Å². The Bertz CT molecular complexity index is 1190. The highest BCUT2D eigenvalue weighted by Gasteiger charge is 2.86.